The third-order valence-electron chi connectivity index (χ3n) is 5.25. The summed E-state index contributed by atoms with van der Waals surface area (Å²) in [7, 11) is 0. The second kappa shape index (κ2) is 6.45. The summed E-state index contributed by atoms with van der Waals surface area (Å²) in [5.74, 6) is -0.350. The van der Waals surface area contributed by atoms with E-state index < -0.39 is 0 Å². The van der Waals surface area contributed by atoms with Crippen molar-refractivity contribution < 1.29 is 13.5 Å². The quantitative estimate of drug-likeness (QED) is 0.704. The summed E-state index contributed by atoms with van der Waals surface area (Å²) in [6.45, 7) is 2.34. The van der Waals surface area contributed by atoms with Gasteiger partial charge in [-0.25, -0.2) is 9.07 Å². The fourth-order valence-electron chi connectivity index (χ4n) is 3.87. The number of aromatic nitrogens is 3. The van der Waals surface area contributed by atoms with Crippen LogP contribution in [0.25, 0.3) is 11.1 Å². The van der Waals surface area contributed by atoms with Crippen molar-refractivity contribution in [1.29, 1.82) is 0 Å². The molecular formula is C19H19FN4O3. The van der Waals surface area contributed by atoms with Gasteiger partial charge in [0.05, 0.1) is 31.5 Å². The molecule has 0 N–H and O–H groups in total. The maximum absolute atomic E-state index is 13.4. The molecular weight excluding hydrogens is 351 g/mol. The molecule has 0 aliphatic carbocycles. The van der Waals surface area contributed by atoms with Gasteiger partial charge in [-0.15, -0.1) is 0 Å². The zero-order valence-electron chi connectivity index (χ0n) is 14.7. The lowest BCUT2D eigenvalue weighted by molar-refractivity contribution is 0.108. The minimum atomic E-state index is -0.350. The fraction of sp³-hybridized carbons (Fsp3) is 0.421. The normalized spacial score (nSPS) is 19.6. The molecule has 1 fully saturated rings. The Bertz CT molecular complexity index is 1060. The second-order valence-electron chi connectivity index (χ2n) is 7.04. The van der Waals surface area contributed by atoms with E-state index in [0.29, 0.717) is 36.9 Å². The smallest absolute Gasteiger partial charge is 0.298 e. The first-order valence-corrected chi connectivity index (χ1v) is 9.18. The summed E-state index contributed by atoms with van der Waals surface area (Å²) in [6.07, 6.45) is 2.62. The van der Waals surface area contributed by atoms with Crippen molar-refractivity contribution in [3.63, 3.8) is 0 Å². The van der Waals surface area contributed by atoms with Crippen LogP contribution in [0, 0.1) is 5.82 Å². The predicted octanol–water partition coefficient (Wildman–Crippen LogP) is 2.27. The third kappa shape index (κ3) is 2.99. The van der Waals surface area contributed by atoms with Crippen LogP contribution in [0.1, 0.15) is 24.1 Å². The van der Waals surface area contributed by atoms with Gasteiger partial charge in [-0.2, -0.15) is 10.1 Å². The van der Waals surface area contributed by atoms with E-state index in [9.17, 15) is 9.18 Å². The SMILES string of the molecule is O=c1cc2c(nn1CC1CCCN1c1nc3ccc(F)cc3o1)CCOC2. The maximum atomic E-state index is 13.4. The Kier molecular flexibility index (Phi) is 3.93. The number of benzene rings is 1. The summed E-state index contributed by atoms with van der Waals surface area (Å²) in [5.41, 5.74) is 2.75. The van der Waals surface area contributed by atoms with Gasteiger partial charge in [0, 0.05) is 30.7 Å². The highest BCUT2D eigenvalue weighted by molar-refractivity contribution is 5.74. The first kappa shape index (κ1) is 16.4. The summed E-state index contributed by atoms with van der Waals surface area (Å²) in [5, 5.41) is 4.56. The molecule has 140 valence electrons. The molecule has 27 heavy (non-hydrogen) atoms. The van der Waals surface area contributed by atoms with Gasteiger partial charge in [0.15, 0.2) is 5.58 Å². The van der Waals surface area contributed by atoms with Gasteiger partial charge in [0.25, 0.3) is 11.6 Å². The molecule has 4 heterocycles. The van der Waals surface area contributed by atoms with Crippen molar-refractivity contribution in [2.75, 3.05) is 18.1 Å². The molecule has 1 unspecified atom stereocenters. The van der Waals surface area contributed by atoms with Crippen molar-refractivity contribution in [3.05, 3.63) is 51.7 Å². The van der Waals surface area contributed by atoms with Crippen LogP contribution in [0.5, 0.6) is 0 Å². The zero-order valence-corrected chi connectivity index (χ0v) is 14.7. The van der Waals surface area contributed by atoms with E-state index in [2.05, 4.69) is 15.0 Å². The van der Waals surface area contributed by atoms with Crippen LogP contribution in [-0.2, 0) is 24.3 Å². The maximum Gasteiger partial charge on any atom is 0.298 e. The highest BCUT2D eigenvalue weighted by Gasteiger charge is 2.29. The Balaban J connectivity index is 1.43. The molecule has 2 aliphatic rings. The molecule has 0 saturated carbocycles. The van der Waals surface area contributed by atoms with E-state index in [0.717, 1.165) is 37.1 Å². The van der Waals surface area contributed by atoms with Gasteiger partial charge < -0.3 is 14.1 Å². The van der Waals surface area contributed by atoms with E-state index in [1.807, 2.05) is 0 Å². The van der Waals surface area contributed by atoms with Gasteiger partial charge in [-0.3, -0.25) is 4.79 Å². The van der Waals surface area contributed by atoms with Gasteiger partial charge >= 0.3 is 0 Å². The van der Waals surface area contributed by atoms with Crippen molar-refractivity contribution >= 4 is 17.1 Å². The van der Waals surface area contributed by atoms with E-state index >= 15 is 0 Å². The summed E-state index contributed by atoms with van der Waals surface area (Å²) < 4.78 is 26.1. The standard InChI is InChI=1S/C19H19FN4O3/c20-13-3-4-16-17(9-13)27-19(21-16)23-6-1-2-14(23)10-24-18(25)8-12-11-26-7-5-15(12)22-24/h3-4,8-9,14H,1-2,5-7,10-11H2. The third-order valence-corrected chi connectivity index (χ3v) is 5.25. The lowest BCUT2D eigenvalue weighted by atomic mass is 10.1. The molecule has 0 bridgehead atoms. The first-order chi connectivity index (χ1) is 13.2. The highest BCUT2D eigenvalue weighted by atomic mass is 19.1. The van der Waals surface area contributed by atoms with E-state index in [-0.39, 0.29) is 17.4 Å². The Morgan fingerprint density at radius 2 is 2.22 bits per heavy atom. The molecule has 3 aromatic rings. The average Bonchev–Trinajstić information content (AvgIpc) is 3.28. The summed E-state index contributed by atoms with van der Waals surface area (Å²) in [4.78, 5) is 19.0. The first-order valence-electron chi connectivity index (χ1n) is 9.18. The monoisotopic (exact) mass is 370 g/mol. The highest BCUT2D eigenvalue weighted by Crippen LogP contribution is 2.29. The molecule has 1 aromatic carbocycles. The molecule has 0 radical (unpaired) electrons. The van der Waals surface area contributed by atoms with E-state index in [4.69, 9.17) is 9.15 Å². The van der Waals surface area contributed by atoms with Gasteiger partial charge in [-0.05, 0) is 25.0 Å². The van der Waals surface area contributed by atoms with Crippen molar-refractivity contribution in [1.82, 2.24) is 14.8 Å². The number of hydrogen-bond donors (Lipinski definition) is 0. The molecule has 2 aliphatic heterocycles. The summed E-state index contributed by atoms with van der Waals surface area (Å²) in [6, 6.07) is 6.48. The topological polar surface area (TPSA) is 73.4 Å². The number of halogens is 1. The largest absolute Gasteiger partial charge is 0.423 e. The van der Waals surface area contributed by atoms with Crippen LogP contribution in [0.4, 0.5) is 10.4 Å². The average molecular weight is 370 g/mol. The second-order valence-corrected chi connectivity index (χ2v) is 7.04. The Morgan fingerprint density at radius 3 is 3.15 bits per heavy atom. The van der Waals surface area contributed by atoms with Crippen molar-refractivity contribution in [2.24, 2.45) is 0 Å². The number of nitrogens with zero attached hydrogens (tertiary/aromatic N) is 4. The van der Waals surface area contributed by atoms with Gasteiger partial charge in [0.2, 0.25) is 0 Å². The Morgan fingerprint density at radius 1 is 1.30 bits per heavy atom. The molecule has 5 rings (SSSR count). The molecule has 1 atom stereocenters. The number of fused-ring (bicyclic) bond motifs is 2. The molecule has 0 spiro atoms. The zero-order chi connectivity index (χ0) is 18.4. The van der Waals surface area contributed by atoms with E-state index in [1.54, 1.807) is 12.1 Å². The molecule has 8 heteroatoms. The minimum Gasteiger partial charge on any atom is -0.423 e. The lowest BCUT2D eigenvalue weighted by Gasteiger charge is -2.24. The Labute approximate surface area is 154 Å². The lowest BCUT2D eigenvalue weighted by Crippen LogP contribution is -2.38. The molecule has 0 amide bonds. The van der Waals surface area contributed by atoms with Gasteiger partial charge in [0.1, 0.15) is 11.3 Å². The number of hydrogen-bond acceptors (Lipinski definition) is 6. The van der Waals surface area contributed by atoms with Crippen LogP contribution in [0.15, 0.2) is 33.5 Å². The van der Waals surface area contributed by atoms with E-state index in [1.165, 1.54) is 16.8 Å². The minimum absolute atomic E-state index is 0.0611. The molecule has 1 saturated heterocycles. The van der Waals surface area contributed by atoms with Crippen molar-refractivity contribution in [2.45, 2.75) is 38.5 Å². The number of anilines is 1. The number of rotatable bonds is 3. The summed E-state index contributed by atoms with van der Waals surface area (Å²) >= 11 is 0. The number of oxazole rings is 1. The van der Waals surface area contributed by atoms with Gasteiger partial charge in [-0.1, -0.05) is 0 Å². The van der Waals surface area contributed by atoms with Crippen LogP contribution in [0.2, 0.25) is 0 Å². The predicted molar refractivity (Wildman–Crippen MR) is 96.2 cm³/mol. The fourth-order valence-corrected chi connectivity index (χ4v) is 3.87. The molecule has 2 aromatic heterocycles. The van der Waals surface area contributed by atoms with Crippen LogP contribution < -0.4 is 10.5 Å². The van der Waals surface area contributed by atoms with Crippen LogP contribution in [-0.4, -0.2) is 34.0 Å². The van der Waals surface area contributed by atoms with Crippen LogP contribution in [0.3, 0.4) is 0 Å². The number of ether oxygens (including phenoxy) is 1. The molecule has 7 nitrogen and oxygen atoms in total. The van der Waals surface area contributed by atoms with Crippen LogP contribution >= 0.6 is 0 Å². The van der Waals surface area contributed by atoms with Crippen molar-refractivity contribution in [3.8, 4) is 0 Å². The Hall–Kier alpha value is -2.74.